The highest BCUT2D eigenvalue weighted by atomic mass is 32.2. The van der Waals surface area contributed by atoms with Crippen LogP contribution in [0.15, 0.2) is 47.4 Å². The van der Waals surface area contributed by atoms with E-state index in [1.165, 1.54) is 4.31 Å². The quantitative estimate of drug-likeness (QED) is 0.697. The van der Waals surface area contributed by atoms with E-state index in [1.807, 2.05) is 30.3 Å². The molecule has 164 valence electrons. The molecule has 1 aliphatic heterocycles. The average molecular weight is 432 g/mol. The number of nitrogens with zero attached hydrogens (tertiary/aromatic N) is 2. The number of carbonyl (C=O) groups is 1. The van der Waals surface area contributed by atoms with Crippen molar-refractivity contribution in [2.45, 2.75) is 44.6 Å². The van der Waals surface area contributed by atoms with Crippen molar-refractivity contribution < 1.29 is 13.2 Å². The van der Waals surface area contributed by atoms with Crippen molar-refractivity contribution in [3.05, 3.63) is 42.5 Å². The lowest BCUT2D eigenvalue weighted by atomic mass is 9.97. The van der Waals surface area contributed by atoms with Gasteiger partial charge in [0.2, 0.25) is 15.9 Å². The predicted octanol–water partition coefficient (Wildman–Crippen LogP) is 3.09. The molecule has 0 bridgehead atoms. The number of sulfonamides is 1. The molecule has 0 radical (unpaired) electrons. The summed E-state index contributed by atoms with van der Waals surface area (Å²) in [4.78, 5) is 15.1. The van der Waals surface area contributed by atoms with Gasteiger partial charge in [-0.05, 0) is 56.1 Å². The SMILES string of the molecule is CCN(CCNC(=O)C1CCN(S(=O)(=O)c2ccc3ccccc3c2)CC1)C(C)C. The molecular formula is C23H33N3O3S. The molecule has 0 saturated carbocycles. The lowest BCUT2D eigenvalue weighted by Gasteiger charge is -2.31. The van der Waals surface area contributed by atoms with Crippen molar-refractivity contribution in [2.75, 3.05) is 32.7 Å². The van der Waals surface area contributed by atoms with Gasteiger partial charge in [0.1, 0.15) is 0 Å². The van der Waals surface area contributed by atoms with Crippen LogP contribution in [0.5, 0.6) is 0 Å². The van der Waals surface area contributed by atoms with Crippen molar-refractivity contribution in [2.24, 2.45) is 5.92 Å². The second-order valence-electron chi connectivity index (χ2n) is 8.20. The molecule has 0 spiro atoms. The molecule has 0 atom stereocenters. The van der Waals surface area contributed by atoms with E-state index >= 15 is 0 Å². The largest absolute Gasteiger partial charge is 0.355 e. The summed E-state index contributed by atoms with van der Waals surface area (Å²) >= 11 is 0. The van der Waals surface area contributed by atoms with Gasteiger partial charge < -0.3 is 5.32 Å². The minimum atomic E-state index is -3.55. The first kappa shape index (κ1) is 22.7. The van der Waals surface area contributed by atoms with E-state index in [-0.39, 0.29) is 11.8 Å². The van der Waals surface area contributed by atoms with Crippen LogP contribution in [0.4, 0.5) is 0 Å². The molecule has 3 rings (SSSR count). The molecule has 2 aromatic rings. The molecule has 30 heavy (non-hydrogen) atoms. The number of fused-ring (bicyclic) bond motifs is 1. The lowest BCUT2D eigenvalue weighted by Crippen LogP contribution is -2.44. The van der Waals surface area contributed by atoms with Crippen molar-refractivity contribution >= 4 is 26.7 Å². The topological polar surface area (TPSA) is 69.7 Å². The fraction of sp³-hybridized carbons (Fsp3) is 0.522. The second kappa shape index (κ2) is 9.90. The Hall–Kier alpha value is -1.96. The molecule has 0 aromatic heterocycles. The monoisotopic (exact) mass is 431 g/mol. The van der Waals surface area contributed by atoms with Gasteiger partial charge in [0.05, 0.1) is 4.90 Å². The van der Waals surface area contributed by atoms with E-state index < -0.39 is 10.0 Å². The zero-order valence-corrected chi connectivity index (χ0v) is 19.0. The van der Waals surface area contributed by atoms with Crippen LogP contribution in [0.3, 0.4) is 0 Å². The third-order valence-corrected chi connectivity index (χ3v) is 7.91. The van der Waals surface area contributed by atoms with Crippen LogP contribution in [0.2, 0.25) is 0 Å². The van der Waals surface area contributed by atoms with E-state index in [4.69, 9.17) is 0 Å². The van der Waals surface area contributed by atoms with Crippen LogP contribution >= 0.6 is 0 Å². The fourth-order valence-corrected chi connectivity index (χ4v) is 5.59. The number of nitrogens with one attached hydrogen (secondary N) is 1. The second-order valence-corrected chi connectivity index (χ2v) is 10.1. The average Bonchev–Trinajstić information content (AvgIpc) is 2.76. The van der Waals surface area contributed by atoms with Gasteiger partial charge in [-0.15, -0.1) is 0 Å². The first-order valence-electron chi connectivity index (χ1n) is 10.8. The molecule has 7 heteroatoms. The summed E-state index contributed by atoms with van der Waals surface area (Å²) in [5, 5.41) is 4.96. The van der Waals surface area contributed by atoms with Crippen molar-refractivity contribution in [3.8, 4) is 0 Å². The molecule has 1 amide bonds. The molecule has 6 nitrogen and oxygen atoms in total. The Bertz CT molecular complexity index is 967. The summed E-state index contributed by atoms with van der Waals surface area (Å²) in [5.41, 5.74) is 0. The summed E-state index contributed by atoms with van der Waals surface area (Å²) in [5.74, 6) is -0.0836. The maximum absolute atomic E-state index is 13.1. The van der Waals surface area contributed by atoms with Crippen molar-refractivity contribution in [3.63, 3.8) is 0 Å². The Morgan fingerprint density at radius 2 is 1.80 bits per heavy atom. The Morgan fingerprint density at radius 1 is 1.13 bits per heavy atom. The smallest absolute Gasteiger partial charge is 0.243 e. The first-order valence-corrected chi connectivity index (χ1v) is 12.3. The van der Waals surface area contributed by atoms with E-state index in [1.54, 1.807) is 12.1 Å². The Labute approximate surface area is 180 Å². The predicted molar refractivity (Wildman–Crippen MR) is 121 cm³/mol. The zero-order valence-electron chi connectivity index (χ0n) is 18.2. The van der Waals surface area contributed by atoms with E-state index in [0.29, 0.717) is 43.4 Å². The molecule has 0 unspecified atom stereocenters. The Kier molecular flexibility index (Phi) is 7.50. The minimum Gasteiger partial charge on any atom is -0.355 e. The van der Waals surface area contributed by atoms with E-state index in [9.17, 15) is 13.2 Å². The minimum absolute atomic E-state index is 0.0394. The maximum atomic E-state index is 13.1. The van der Waals surface area contributed by atoms with Crippen LogP contribution in [0, 0.1) is 5.92 Å². The number of rotatable bonds is 8. The molecule has 1 saturated heterocycles. The van der Waals surface area contributed by atoms with E-state index in [2.05, 4.69) is 31.0 Å². The van der Waals surface area contributed by atoms with Gasteiger partial charge in [-0.3, -0.25) is 9.69 Å². The summed E-state index contributed by atoms with van der Waals surface area (Å²) in [6, 6.07) is 13.4. The molecule has 1 fully saturated rings. The summed E-state index contributed by atoms with van der Waals surface area (Å²) < 4.78 is 27.7. The molecular weight excluding hydrogens is 398 g/mol. The van der Waals surface area contributed by atoms with E-state index in [0.717, 1.165) is 23.9 Å². The van der Waals surface area contributed by atoms with Crippen LogP contribution in [-0.2, 0) is 14.8 Å². The van der Waals surface area contributed by atoms with Gasteiger partial charge in [-0.25, -0.2) is 8.42 Å². The standard InChI is InChI=1S/C23H33N3O3S/c1-4-25(18(2)3)16-13-24-23(27)20-11-14-26(15-12-20)30(28,29)22-10-9-19-7-5-6-8-21(19)17-22/h5-10,17-18,20H,4,11-16H2,1-3H3,(H,24,27). The highest BCUT2D eigenvalue weighted by molar-refractivity contribution is 7.89. The number of amides is 1. The summed E-state index contributed by atoms with van der Waals surface area (Å²) in [6.45, 7) is 9.58. The van der Waals surface area contributed by atoms with Gasteiger partial charge in [0.25, 0.3) is 0 Å². The van der Waals surface area contributed by atoms with Crippen LogP contribution in [0.1, 0.15) is 33.6 Å². The molecule has 0 aliphatic carbocycles. The van der Waals surface area contributed by atoms with Crippen molar-refractivity contribution in [1.29, 1.82) is 0 Å². The number of piperidine rings is 1. The molecule has 2 aromatic carbocycles. The Morgan fingerprint density at radius 3 is 2.43 bits per heavy atom. The van der Waals surface area contributed by atoms with Gasteiger partial charge in [-0.1, -0.05) is 37.3 Å². The first-order chi connectivity index (χ1) is 14.3. The third-order valence-electron chi connectivity index (χ3n) is 6.02. The molecule has 1 N–H and O–H groups in total. The molecule has 1 heterocycles. The highest BCUT2D eigenvalue weighted by Gasteiger charge is 2.32. The molecule has 1 aliphatic rings. The number of carbonyl (C=O) groups excluding carboxylic acids is 1. The lowest BCUT2D eigenvalue weighted by molar-refractivity contribution is -0.126. The number of hydrogen-bond donors (Lipinski definition) is 1. The Balaban J connectivity index is 1.55. The van der Waals surface area contributed by atoms with Crippen LogP contribution in [0.25, 0.3) is 10.8 Å². The van der Waals surface area contributed by atoms with Crippen LogP contribution in [-0.4, -0.2) is 62.3 Å². The number of likely N-dealkylation sites (N-methyl/N-ethyl adjacent to an activating group) is 1. The van der Waals surface area contributed by atoms with Crippen LogP contribution < -0.4 is 5.32 Å². The summed E-state index contributed by atoms with van der Waals surface area (Å²) in [6.07, 6.45) is 1.11. The summed E-state index contributed by atoms with van der Waals surface area (Å²) in [7, 11) is -3.55. The maximum Gasteiger partial charge on any atom is 0.243 e. The van der Waals surface area contributed by atoms with Crippen molar-refractivity contribution in [1.82, 2.24) is 14.5 Å². The number of benzene rings is 2. The fourth-order valence-electron chi connectivity index (χ4n) is 4.08. The van der Waals surface area contributed by atoms with Gasteiger partial charge in [0.15, 0.2) is 0 Å². The van der Waals surface area contributed by atoms with Gasteiger partial charge in [-0.2, -0.15) is 4.31 Å². The normalized spacial score (nSPS) is 16.4. The number of hydrogen-bond acceptors (Lipinski definition) is 4. The third kappa shape index (κ3) is 5.20. The zero-order chi connectivity index (χ0) is 21.7. The van der Waals surface area contributed by atoms with Gasteiger partial charge >= 0.3 is 0 Å². The van der Waals surface area contributed by atoms with Gasteiger partial charge in [0, 0.05) is 38.1 Å². The highest BCUT2D eigenvalue weighted by Crippen LogP contribution is 2.26.